The van der Waals surface area contributed by atoms with E-state index in [1.54, 1.807) is 31.0 Å². The van der Waals surface area contributed by atoms with Crippen molar-refractivity contribution in [1.29, 1.82) is 0 Å². The summed E-state index contributed by atoms with van der Waals surface area (Å²) >= 11 is 0. The summed E-state index contributed by atoms with van der Waals surface area (Å²) in [7, 11) is 0. The lowest BCUT2D eigenvalue weighted by Gasteiger charge is -2.40. The van der Waals surface area contributed by atoms with Gasteiger partial charge in [-0.2, -0.15) is 0 Å². The molecule has 0 unspecified atom stereocenters. The molecule has 0 radical (unpaired) electrons. The second-order valence-electron chi connectivity index (χ2n) is 5.90. The number of nitrogens with one attached hydrogen (secondary N) is 1. The molecule has 0 saturated carbocycles. The Balaban J connectivity index is 1.87. The van der Waals surface area contributed by atoms with Crippen LogP contribution in [0.1, 0.15) is 19.4 Å². The van der Waals surface area contributed by atoms with Crippen molar-refractivity contribution in [1.82, 2.24) is 15.2 Å². The number of nitrogens with zero attached hydrogens (tertiary/aromatic N) is 2. The van der Waals surface area contributed by atoms with E-state index < -0.39 is 5.60 Å². The van der Waals surface area contributed by atoms with Gasteiger partial charge in [0.05, 0.1) is 6.04 Å². The van der Waals surface area contributed by atoms with Gasteiger partial charge < -0.3 is 15.0 Å². The minimum Gasteiger partial charge on any atom is -0.462 e. The predicted molar refractivity (Wildman–Crippen MR) is 82.4 cm³/mol. The molecule has 1 aliphatic rings. The Bertz CT molecular complexity index is 575. The molecule has 118 valence electrons. The van der Waals surface area contributed by atoms with Gasteiger partial charge in [-0.3, -0.25) is 9.59 Å². The zero-order valence-corrected chi connectivity index (χ0v) is 13.1. The van der Waals surface area contributed by atoms with E-state index in [0.717, 1.165) is 5.56 Å². The number of pyridine rings is 1. The number of carbonyl (C=O) groups is 2. The van der Waals surface area contributed by atoms with E-state index in [1.165, 1.54) is 6.08 Å². The normalized spacial score (nSPS) is 15.0. The average Bonchev–Trinajstić information content (AvgIpc) is 2.43. The second kappa shape index (κ2) is 6.17. The zero-order chi connectivity index (χ0) is 16.3. The Morgan fingerprint density at radius 3 is 2.68 bits per heavy atom. The molecule has 1 aromatic heterocycles. The van der Waals surface area contributed by atoms with E-state index in [0.29, 0.717) is 19.0 Å². The predicted octanol–water partition coefficient (Wildman–Crippen LogP) is 1.06. The van der Waals surface area contributed by atoms with Crippen LogP contribution < -0.4 is 10.1 Å². The average molecular weight is 303 g/mol. The zero-order valence-electron chi connectivity index (χ0n) is 13.1. The monoisotopic (exact) mass is 303 g/mol. The Labute approximate surface area is 130 Å². The lowest BCUT2D eigenvalue weighted by molar-refractivity contribution is -0.139. The maximum atomic E-state index is 12.3. The van der Waals surface area contributed by atoms with Gasteiger partial charge in [-0.25, -0.2) is 4.98 Å². The molecule has 0 spiro atoms. The number of hydrogen-bond acceptors (Lipinski definition) is 4. The molecular formula is C16H21N3O3. The standard InChI is InChI=1S/C16H21N3O3/c1-5-14(20)19-9-12(10-19)18-15(21)16(3,4)22-13-7-6-11(2)8-17-13/h5-8,12H,1,9-10H2,2-4H3,(H,18,21). The van der Waals surface area contributed by atoms with Crippen molar-refractivity contribution in [2.75, 3.05) is 13.1 Å². The molecule has 2 rings (SSSR count). The highest BCUT2D eigenvalue weighted by Crippen LogP contribution is 2.17. The van der Waals surface area contributed by atoms with Gasteiger partial charge in [0.25, 0.3) is 5.91 Å². The van der Waals surface area contributed by atoms with Gasteiger partial charge in [-0.15, -0.1) is 0 Å². The molecule has 0 bridgehead atoms. The van der Waals surface area contributed by atoms with Crippen molar-refractivity contribution in [3.05, 3.63) is 36.5 Å². The van der Waals surface area contributed by atoms with Crippen LogP contribution in [0.15, 0.2) is 31.0 Å². The fourth-order valence-electron chi connectivity index (χ4n) is 2.06. The lowest BCUT2D eigenvalue weighted by atomic mass is 10.0. The molecule has 2 amide bonds. The number of ether oxygens (including phenoxy) is 1. The first-order chi connectivity index (χ1) is 10.3. The Hall–Kier alpha value is -2.37. The highest BCUT2D eigenvalue weighted by molar-refractivity contribution is 5.88. The summed E-state index contributed by atoms with van der Waals surface area (Å²) in [6, 6.07) is 3.56. The van der Waals surface area contributed by atoms with Crippen molar-refractivity contribution in [2.24, 2.45) is 0 Å². The molecule has 22 heavy (non-hydrogen) atoms. The van der Waals surface area contributed by atoms with Gasteiger partial charge in [-0.1, -0.05) is 12.6 Å². The topological polar surface area (TPSA) is 71.5 Å². The third-order valence-electron chi connectivity index (χ3n) is 3.49. The van der Waals surface area contributed by atoms with E-state index in [9.17, 15) is 9.59 Å². The Morgan fingerprint density at radius 1 is 1.45 bits per heavy atom. The number of rotatable bonds is 5. The van der Waals surface area contributed by atoms with Gasteiger partial charge in [0.15, 0.2) is 5.60 Å². The van der Waals surface area contributed by atoms with Crippen molar-refractivity contribution >= 4 is 11.8 Å². The van der Waals surface area contributed by atoms with Gasteiger partial charge in [0.2, 0.25) is 11.8 Å². The number of carbonyl (C=O) groups excluding carboxylic acids is 2. The number of hydrogen-bond donors (Lipinski definition) is 1. The molecule has 0 aromatic carbocycles. The molecule has 0 atom stereocenters. The molecule has 6 nitrogen and oxygen atoms in total. The van der Waals surface area contributed by atoms with Crippen LogP contribution in [0.5, 0.6) is 5.88 Å². The van der Waals surface area contributed by atoms with Crippen molar-refractivity contribution in [2.45, 2.75) is 32.4 Å². The van der Waals surface area contributed by atoms with Crippen molar-refractivity contribution < 1.29 is 14.3 Å². The third kappa shape index (κ3) is 3.63. The SMILES string of the molecule is C=CC(=O)N1CC(NC(=O)C(C)(C)Oc2ccc(C)cn2)C1. The van der Waals surface area contributed by atoms with Crippen LogP contribution in [0, 0.1) is 6.92 Å². The van der Waals surface area contributed by atoms with Gasteiger partial charge in [0, 0.05) is 25.4 Å². The fourth-order valence-corrected chi connectivity index (χ4v) is 2.06. The number of likely N-dealkylation sites (tertiary alicyclic amines) is 1. The summed E-state index contributed by atoms with van der Waals surface area (Å²) in [6.07, 6.45) is 2.96. The third-order valence-corrected chi connectivity index (χ3v) is 3.49. The van der Waals surface area contributed by atoms with Crippen LogP contribution in [0.4, 0.5) is 0 Å². The quantitative estimate of drug-likeness (QED) is 0.826. The van der Waals surface area contributed by atoms with Crippen LogP contribution in [0.2, 0.25) is 0 Å². The maximum absolute atomic E-state index is 12.3. The molecule has 0 aliphatic carbocycles. The number of aromatic nitrogens is 1. The van der Waals surface area contributed by atoms with E-state index in [-0.39, 0.29) is 17.9 Å². The molecule has 1 aliphatic heterocycles. The van der Waals surface area contributed by atoms with Gasteiger partial charge in [0.1, 0.15) is 0 Å². The summed E-state index contributed by atoms with van der Waals surface area (Å²) in [6.45, 7) is 9.74. The minimum atomic E-state index is -1.04. The first kappa shape index (κ1) is 16.0. The summed E-state index contributed by atoms with van der Waals surface area (Å²) in [5, 5.41) is 2.88. The summed E-state index contributed by atoms with van der Waals surface area (Å²) < 4.78 is 5.66. The molecule has 1 fully saturated rings. The fraction of sp³-hybridized carbons (Fsp3) is 0.438. The van der Waals surface area contributed by atoms with Crippen LogP contribution in [0.25, 0.3) is 0 Å². The Kier molecular flexibility index (Phi) is 4.49. The summed E-state index contributed by atoms with van der Waals surface area (Å²) in [5.74, 6) is 0.0539. The summed E-state index contributed by atoms with van der Waals surface area (Å²) in [4.78, 5) is 29.4. The molecule has 1 N–H and O–H groups in total. The molecule has 1 aromatic rings. The van der Waals surface area contributed by atoms with Crippen LogP contribution in [-0.4, -0.2) is 46.4 Å². The Morgan fingerprint density at radius 2 is 2.14 bits per heavy atom. The van der Waals surface area contributed by atoms with Crippen molar-refractivity contribution in [3.63, 3.8) is 0 Å². The van der Waals surface area contributed by atoms with E-state index in [2.05, 4.69) is 16.9 Å². The molecule has 1 saturated heterocycles. The second-order valence-corrected chi connectivity index (χ2v) is 5.90. The van der Waals surface area contributed by atoms with Crippen molar-refractivity contribution in [3.8, 4) is 5.88 Å². The maximum Gasteiger partial charge on any atom is 0.264 e. The van der Waals surface area contributed by atoms with E-state index in [4.69, 9.17) is 4.74 Å². The minimum absolute atomic E-state index is 0.0507. The largest absolute Gasteiger partial charge is 0.462 e. The number of amides is 2. The first-order valence-electron chi connectivity index (χ1n) is 7.16. The van der Waals surface area contributed by atoms with Gasteiger partial charge >= 0.3 is 0 Å². The highest BCUT2D eigenvalue weighted by atomic mass is 16.5. The van der Waals surface area contributed by atoms with Crippen LogP contribution in [0.3, 0.4) is 0 Å². The number of aryl methyl sites for hydroxylation is 1. The van der Waals surface area contributed by atoms with Crippen LogP contribution in [-0.2, 0) is 9.59 Å². The molecule has 6 heteroatoms. The molecule has 2 heterocycles. The first-order valence-corrected chi connectivity index (χ1v) is 7.16. The van der Waals surface area contributed by atoms with E-state index in [1.807, 2.05) is 13.0 Å². The van der Waals surface area contributed by atoms with Gasteiger partial charge in [-0.05, 0) is 32.4 Å². The highest BCUT2D eigenvalue weighted by Gasteiger charge is 2.36. The smallest absolute Gasteiger partial charge is 0.264 e. The van der Waals surface area contributed by atoms with E-state index >= 15 is 0 Å². The summed E-state index contributed by atoms with van der Waals surface area (Å²) in [5.41, 5.74) is -0.0125. The lowest BCUT2D eigenvalue weighted by Crippen LogP contribution is -2.63. The van der Waals surface area contributed by atoms with Crippen LogP contribution >= 0.6 is 0 Å². The molecular weight excluding hydrogens is 282 g/mol.